The molecule has 0 aliphatic heterocycles. The Morgan fingerprint density at radius 3 is 1.61 bits per heavy atom. The van der Waals surface area contributed by atoms with Crippen molar-refractivity contribution in [2.75, 3.05) is 27.8 Å². The lowest BCUT2D eigenvalue weighted by Crippen LogP contribution is -2.25. The highest BCUT2D eigenvalue weighted by molar-refractivity contribution is 9.12. The third-order valence-corrected chi connectivity index (χ3v) is 6.97. The van der Waals surface area contributed by atoms with Crippen LogP contribution in [0.2, 0.25) is 0 Å². The smallest absolute Gasteiger partial charge is 0.274 e. The molecule has 4 aromatic rings. The standard InChI is InChI=1S/C29H30BrN11O5/c1-16(30)25(42)36-24-12-23(41(5)37-24)29(46)35-19-11-22(40(4)15-19)28(45)34-18-10-21(39(3)14-18)27(44)33-17-9-20(38(2)13-17)26(43)32-8-6-7-31/h9-15H,1,6,8H2,2-5H3,(H,32,43)(H,33,44)(H,34,45)(H,35,46)(H,36,37,42). The maximum absolute atomic E-state index is 13.1. The van der Waals surface area contributed by atoms with Gasteiger partial charge >= 0.3 is 0 Å². The predicted octanol–water partition coefficient (Wildman–Crippen LogP) is 2.68. The summed E-state index contributed by atoms with van der Waals surface area (Å²) >= 11 is 2.98. The Hall–Kier alpha value is -5.89. The first-order valence-electron chi connectivity index (χ1n) is 13.6. The number of aromatic nitrogens is 5. The Bertz CT molecular complexity index is 1920. The normalized spacial score (nSPS) is 10.5. The molecular weight excluding hydrogens is 662 g/mol. The zero-order valence-electron chi connectivity index (χ0n) is 25.3. The summed E-state index contributed by atoms with van der Waals surface area (Å²) in [6.45, 7) is 3.70. The number of rotatable bonds is 11. The predicted molar refractivity (Wildman–Crippen MR) is 173 cm³/mol. The van der Waals surface area contributed by atoms with Crippen LogP contribution in [0.1, 0.15) is 48.4 Å². The number of halogens is 1. The van der Waals surface area contributed by atoms with Crippen LogP contribution in [0.25, 0.3) is 0 Å². The monoisotopic (exact) mass is 691 g/mol. The summed E-state index contributed by atoms with van der Waals surface area (Å²) in [4.78, 5) is 63.2. The van der Waals surface area contributed by atoms with Crippen LogP contribution in [0, 0.1) is 11.3 Å². The van der Waals surface area contributed by atoms with Crippen molar-refractivity contribution in [1.82, 2.24) is 28.8 Å². The minimum atomic E-state index is -0.519. The van der Waals surface area contributed by atoms with Crippen molar-refractivity contribution in [3.63, 3.8) is 0 Å². The molecule has 0 unspecified atom stereocenters. The van der Waals surface area contributed by atoms with Crippen molar-refractivity contribution in [3.05, 3.63) is 76.7 Å². The minimum absolute atomic E-state index is 0.104. The lowest BCUT2D eigenvalue weighted by Gasteiger charge is -2.03. The molecule has 4 aromatic heterocycles. The molecule has 0 aromatic carbocycles. The summed E-state index contributed by atoms with van der Waals surface area (Å²) in [7, 11) is 6.48. The molecule has 0 spiro atoms. The fraction of sp³-hybridized carbons (Fsp3) is 0.207. The summed E-state index contributed by atoms with van der Waals surface area (Å²) in [5.74, 6) is -2.20. The second-order valence-corrected chi connectivity index (χ2v) is 11.1. The lowest BCUT2D eigenvalue weighted by molar-refractivity contribution is -0.112. The first-order valence-corrected chi connectivity index (χ1v) is 14.3. The zero-order valence-corrected chi connectivity index (χ0v) is 26.9. The zero-order chi connectivity index (χ0) is 33.7. The molecule has 0 aliphatic rings. The summed E-state index contributed by atoms with van der Waals surface area (Å²) in [5.41, 5.74) is 2.01. The van der Waals surface area contributed by atoms with E-state index in [1.54, 1.807) is 55.9 Å². The fourth-order valence-corrected chi connectivity index (χ4v) is 4.51. The molecule has 0 saturated heterocycles. The van der Waals surface area contributed by atoms with Crippen LogP contribution in [-0.4, -0.2) is 59.6 Å². The minimum Gasteiger partial charge on any atom is -0.350 e. The molecule has 46 heavy (non-hydrogen) atoms. The van der Waals surface area contributed by atoms with Gasteiger partial charge in [0.25, 0.3) is 29.5 Å². The Kier molecular flexibility index (Phi) is 9.92. The van der Waals surface area contributed by atoms with E-state index in [1.807, 2.05) is 6.07 Å². The van der Waals surface area contributed by atoms with Crippen LogP contribution in [0.5, 0.6) is 0 Å². The van der Waals surface area contributed by atoms with Gasteiger partial charge in [0, 0.05) is 59.4 Å². The molecule has 5 amide bonds. The summed E-state index contributed by atoms with van der Waals surface area (Å²) in [6, 6.07) is 7.86. The largest absolute Gasteiger partial charge is 0.350 e. The van der Waals surface area contributed by atoms with Gasteiger partial charge in [0.2, 0.25) is 0 Å². The van der Waals surface area contributed by atoms with Crippen LogP contribution >= 0.6 is 15.9 Å². The van der Waals surface area contributed by atoms with Crippen molar-refractivity contribution < 1.29 is 24.0 Å². The van der Waals surface area contributed by atoms with E-state index in [4.69, 9.17) is 5.26 Å². The van der Waals surface area contributed by atoms with Gasteiger partial charge in [0.15, 0.2) is 5.82 Å². The topological polar surface area (TPSA) is 202 Å². The number of nitrogens with zero attached hydrogens (tertiary/aromatic N) is 6. The Balaban J connectivity index is 1.39. The van der Waals surface area contributed by atoms with Gasteiger partial charge in [-0.05, 0) is 34.1 Å². The SMILES string of the molecule is C=C(Br)C(=O)Nc1cc(C(=O)Nc2cc(C(=O)Nc3cc(C(=O)Nc4cc(C(=O)NCCC#N)n(C)c4)n(C)c3)n(C)c2)n(C)n1. The summed E-state index contributed by atoms with van der Waals surface area (Å²) < 4.78 is 6.03. The summed E-state index contributed by atoms with van der Waals surface area (Å²) in [5, 5.41) is 26.1. The molecule has 0 bridgehead atoms. The van der Waals surface area contributed by atoms with Crippen LogP contribution in [-0.2, 0) is 33.0 Å². The number of hydrogen-bond acceptors (Lipinski definition) is 7. The van der Waals surface area contributed by atoms with Crippen molar-refractivity contribution in [1.29, 1.82) is 5.26 Å². The third-order valence-electron chi connectivity index (χ3n) is 6.61. The molecule has 0 saturated carbocycles. The summed E-state index contributed by atoms with van der Waals surface area (Å²) in [6.07, 6.45) is 4.89. The van der Waals surface area contributed by atoms with Gasteiger partial charge in [-0.2, -0.15) is 10.4 Å². The highest BCUT2D eigenvalue weighted by Crippen LogP contribution is 2.20. The first-order chi connectivity index (χ1) is 21.8. The maximum atomic E-state index is 13.1. The molecular formula is C29H30BrN11O5. The van der Waals surface area contributed by atoms with Crippen molar-refractivity contribution in [2.45, 2.75) is 6.42 Å². The van der Waals surface area contributed by atoms with E-state index in [1.165, 1.54) is 33.5 Å². The molecule has 0 atom stereocenters. The number of carbonyl (C=O) groups is 5. The molecule has 17 heteroatoms. The lowest BCUT2D eigenvalue weighted by atomic mass is 10.3. The fourth-order valence-electron chi connectivity index (χ4n) is 4.41. The third kappa shape index (κ3) is 7.60. The molecule has 16 nitrogen and oxygen atoms in total. The molecule has 0 aliphatic carbocycles. The quantitative estimate of drug-likeness (QED) is 0.117. The van der Waals surface area contributed by atoms with Crippen LogP contribution < -0.4 is 26.6 Å². The number of amides is 5. The Labute approximate surface area is 271 Å². The first kappa shape index (κ1) is 33.0. The highest BCUT2D eigenvalue weighted by Gasteiger charge is 2.20. The van der Waals surface area contributed by atoms with Gasteiger partial charge in [-0.3, -0.25) is 28.7 Å². The van der Waals surface area contributed by atoms with Crippen molar-refractivity contribution in [2.24, 2.45) is 28.2 Å². The van der Waals surface area contributed by atoms with E-state index in [2.05, 4.69) is 54.2 Å². The second-order valence-electron chi connectivity index (χ2n) is 10.1. The Morgan fingerprint density at radius 1 is 0.739 bits per heavy atom. The van der Waals surface area contributed by atoms with Crippen LogP contribution in [0.15, 0.2) is 53.9 Å². The average Bonchev–Trinajstić information content (AvgIpc) is 3.74. The van der Waals surface area contributed by atoms with Gasteiger partial charge < -0.3 is 40.3 Å². The molecule has 238 valence electrons. The number of anilines is 4. The number of hydrogen-bond donors (Lipinski definition) is 5. The molecule has 5 N–H and O–H groups in total. The van der Waals surface area contributed by atoms with E-state index in [9.17, 15) is 24.0 Å². The molecule has 4 rings (SSSR count). The van der Waals surface area contributed by atoms with E-state index in [-0.39, 0.29) is 46.3 Å². The van der Waals surface area contributed by atoms with Crippen molar-refractivity contribution in [3.8, 4) is 6.07 Å². The van der Waals surface area contributed by atoms with E-state index in [0.717, 1.165) is 0 Å². The maximum Gasteiger partial charge on any atom is 0.274 e. The highest BCUT2D eigenvalue weighted by atomic mass is 79.9. The number of nitriles is 1. The van der Waals surface area contributed by atoms with Crippen molar-refractivity contribution >= 4 is 68.3 Å². The van der Waals surface area contributed by atoms with Gasteiger partial charge in [0.1, 0.15) is 22.8 Å². The number of carbonyl (C=O) groups excluding carboxylic acids is 5. The van der Waals surface area contributed by atoms with E-state index < -0.39 is 23.6 Å². The van der Waals surface area contributed by atoms with Crippen LogP contribution in [0.3, 0.4) is 0 Å². The van der Waals surface area contributed by atoms with E-state index >= 15 is 0 Å². The van der Waals surface area contributed by atoms with Gasteiger partial charge in [-0.25, -0.2) is 0 Å². The molecule has 0 fully saturated rings. The van der Waals surface area contributed by atoms with E-state index in [0.29, 0.717) is 22.8 Å². The second kappa shape index (κ2) is 13.8. The van der Waals surface area contributed by atoms with Gasteiger partial charge in [0.05, 0.1) is 34.0 Å². The van der Waals surface area contributed by atoms with Gasteiger partial charge in [-0.1, -0.05) is 6.58 Å². The number of nitrogens with one attached hydrogen (secondary N) is 5. The van der Waals surface area contributed by atoms with Crippen LogP contribution in [0.4, 0.5) is 22.9 Å². The number of aryl methyl sites for hydroxylation is 4. The Morgan fingerprint density at radius 2 is 1.17 bits per heavy atom. The van der Waals surface area contributed by atoms with Gasteiger partial charge in [-0.15, -0.1) is 0 Å². The average molecular weight is 693 g/mol. The molecule has 0 radical (unpaired) electrons. The molecule has 4 heterocycles.